The molecule has 1 rings (SSSR count). The SMILES string of the molecule is C[N+]1([Ti])CCCCCCNCCCC1.[Cl-].[Cl-].[Cl-]. The second kappa shape index (κ2) is 13.9. The molecule has 0 aliphatic carbocycles. The Morgan fingerprint density at radius 3 is 1.76 bits per heavy atom. The molecule has 0 bridgehead atoms. The van der Waals surface area contributed by atoms with E-state index in [9.17, 15) is 0 Å². The Morgan fingerprint density at radius 2 is 1.18 bits per heavy atom. The van der Waals surface area contributed by atoms with Crippen molar-refractivity contribution in [3.63, 3.8) is 0 Å². The molecule has 1 heterocycles. The summed E-state index contributed by atoms with van der Waals surface area (Å²) >= 11 is 2.37. The van der Waals surface area contributed by atoms with Gasteiger partial charge in [0, 0.05) is 0 Å². The Labute approximate surface area is 137 Å². The van der Waals surface area contributed by atoms with Gasteiger partial charge in [0.25, 0.3) is 0 Å². The summed E-state index contributed by atoms with van der Waals surface area (Å²) in [5.74, 6) is 0. The largest absolute Gasteiger partial charge is 1.00 e. The summed E-state index contributed by atoms with van der Waals surface area (Å²) in [5.41, 5.74) is 0. The number of nitrogens with one attached hydrogen (secondary N) is 1. The third kappa shape index (κ3) is 13.7. The van der Waals surface area contributed by atoms with Crippen molar-refractivity contribution in [1.29, 1.82) is 0 Å². The summed E-state index contributed by atoms with van der Waals surface area (Å²) in [6.45, 7) is 5.17. The molecule has 17 heavy (non-hydrogen) atoms. The molecule has 6 heteroatoms. The van der Waals surface area contributed by atoms with E-state index in [0.717, 1.165) is 0 Å². The molecule has 1 N–H and O–H groups in total. The maximum absolute atomic E-state index is 3.52. The fourth-order valence-corrected chi connectivity index (χ4v) is 2.51. The summed E-state index contributed by atoms with van der Waals surface area (Å²) in [4.78, 5) is 0. The average molecular weight is 339 g/mol. The van der Waals surface area contributed by atoms with E-state index in [0.29, 0.717) is 0 Å². The standard InChI is InChI=1S/C11H24N2.3ClH.Ti/c1-13-10-6-3-2-4-8-12-9-5-7-11-13;;;;/h12H,2-11H2,1H3;3*1H;/q;;;;+1/p-3. The zero-order valence-corrected chi connectivity index (χ0v) is 14.5. The van der Waals surface area contributed by atoms with Crippen LogP contribution in [-0.4, -0.2) is 36.2 Å². The van der Waals surface area contributed by atoms with E-state index in [-0.39, 0.29) is 37.2 Å². The van der Waals surface area contributed by atoms with Crippen LogP contribution < -0.4 is 42.5 Å². The van der Waals surface area contributed by atoms with Gasteiger partial charge in [0.15, 0.2) is 0 Å². The van der Waals surface area contributed by atoms with Crippen LogP contribution in [0.3, 0.4) is 0 Å². The minimum Gasteiger partial charge on any atom is -1.00 e. The summed E-state index contributed by atoms with van der Waals surface area (Å²) in [6.07, 6.45) is 8.33. The first-order valence-corrected chi connectivity index (χ1v) is 6.71. The van der Waals surface area contributed by atoms with Crippen LogP contribution in [0, 0.1) is 0 Å². The van der Waals surface area contributed by atoms with Crippen LogP contribution in [0.1, 0.15) is 38.5 Å². The van der Waals surface area contributed by atoms with Crippen molar-refractivity contribution in [3.05, 3.63) is 0 Å². The maximum atomic E-state index is 3.52. The third-order valence-corrected chi connectivity index (χ3v) is 3.71. The molecule has 0 aromatic heterocycles. The number of quaternary nitrogens is 1. The molecule has 0 aromatic carbocycles. The van der Waals surface area contributed by atoms with Gasteiger partial charge in [0.1, 0.15) is 0 Å². The smallest absolute Gasteiger partial charge is 1.00 e. The molecule has 0 aromatic rings. The van der Waals surface area contributed by atoms with Gasteiger partial charge < -0.3 is 37.2 Å². The molecule has 105 valence electrons. The first kappa shape index (κ1) is 23.6. The predicted octanol–water partition coefficient (Wildman–Crippen LogP) is -7.15. The van der Waals surface area contributed by atoms with Gasteiger partial charge in [-0.25, -0.2) is 0 Å². The van der Waals surface area contributed by atoms with Gasteiger partial charge in [-0.05, 0) is 0 Å². The molecule has 0 spiro atoms. The first-order chi connectivity index (χ1) is 6.71. The summed E-state index contributed by atoms with van der Waals surface area (Å²) in [5, 5.41) is 3.52. The van der Waals surface area contributed by atoms with Crippen molar-refractivity contribution in [3.8, 4) is 0 Å². The fourth-order valence-electron chi connectivity index (χ4n) is 2.01. The van der Waals surface area contributed by atoms with E-state index < -0.39 is 0 Å². The topological polar surface area (TPSA) is 12.0 Å². The van der Waals surface area contributed by atoms with Crippen LogP contribution in [0.4, 0.5) is 0 Å². The Hall–Kier alpha value is 1.50. The molecule has 1 fully saturated rings. The van der Waals surface area contributed by atoms with Crippen molar-refractivity contribution in [2.45, 2.75) is 38.5 Å². The Balaban J connectivity index is -0.000000653. The normalized spacial score (nSPS) is 27.1. The Bertz CT molecular complexity index is 146. The van der Waals surface area contributed by atoms with Crippen molar-refractivity contribution in [2.24, 2.45) is 0 Å². The summed E-state index contributed by atoms with van der Waals surface area (Å²) < 4.78 is 1.22. The molecule has 1 saturated heterocycles. The van der Waals surface area contributed by atoms with Crippen LogP contribution in [0.5, 0.6) is 0 Å². The Kier molecular flexibility index (Phi) is 19.3. The molecule has 1 atom stereocenters. The van der Waals surface area contributed by atoms with E-state index in [1.54, 1.807) is 0 Å². The molecular weight excluding hydrogens is 314 g/mol. The molecule has 0 radical (unpaired) electrons. The van der Waals surface area contributed by atoms with Gasteiger partial charge in [-0.2, -0.15) is 0 Å². The van der Waals surface area contributed by atoms with E-state index in [1.807, 2.05) is 0 Å². The van der Waals surface area contributed by atoms with E-state index in [1.165, 1.54) is 67.7 Å². The molecule has 0 amide bonds. The minimum absolute atomic E-state index is 0. The maximum Gasteiger partial charge on any atom is -1.00 e. The zero-order valence-electron chi connectivity index (χ0n) is 10.7. The average Bonchev–Trinajstić information content (AvgIpc) is 2.11. The van der Waals surface area contributed by atoms with Gasteiger partial charge in [0.05, 0.1) is 0 Å². The van der Waals surface area contributed by atoms with Crippen LogP contribution in [0.15, 0.2) is 0 Å². The predicted molar refractivity (Wildman–Crippen MR) is 56.5 cm³/mol. The number of rotatable bonds is 0. The Morgan fingerprint density at radius 1 is 0.765 bits per heavy atom. The minimum atomic E-state index is 0. The summed E-state index contributed by atoms with van der Waals surface area (Å²) in [7, 11) is 2.37. The van der Waals surface area contributed by atoms with E-state index >= 15 is 0 Å². The number of hydrogen-bond donors (Lipinski definition) is 1. The molecular formula is C11H24Cl3N2Ti-2. The van der Waals surface area contributed by atoms with Crippen molar-refractivity contribution in [2.75, 3.05) is 33.2 Å². The quantitative estimate of drug-likeness (QED) is 0.433. The van der Waals surface area contributed by atoms with Gasteiger partial charge in [-0.3, -0.25) is 0 Å². The fraction of sp³-hybridized carbons (Fsp3) is 1.00. The van der Waals surface area contributed by atoms with Gasteiger partial charge in [-0.1, -0.05) is 0 Å². The van der Waals surface area contributed by atoms with Crippen LogP contribution in [0.2, 0.25) is 0 Å². The zero-order chi connectivity index (χ0) is 10.3. The van der Waals surface area contributed by atoms with Gasteiger partial charge in [0.2, 0.25) is 0 Å². The van der Waals surface area contributed by atoms with Crippen LogP contribution >= 0.6 is 0 Å². The van der Waals surface area contributed by atoms with Crippen molar-refractivity contribution in [1.82, 2.24) is 5.32 Å². The monoisotopic (exact) mass is 337 g/mol. The summed E-state index contributed by atoms with van der Waals surface area (Å²) in [6, 6.07) is 0. The van der Waals surface area contributed by atoms with Gasteiger partial charge in [-0.15, -0.1) is 0 Å². The van der Waals surface area contributed by atoms with Crippen molar-refractivity contribution >= 4 is 0 Å². The first-order valence-electron chi connectivity index (χ1n) is 6.01. The van der Waals surface area contributed by atoms with Crippen LogP contribution in [-0.2, 0) is 20.7 Å². The second-order valence-electron chi connectivity index (χ2n) is 4.71. The van der Waals surface area contributed by atoms with E-state index in [4.69, 9.17) is 0 Å². The molecule has 1 unspecified atom stereocenters. The number of halogens is 3. The number of hydrogen-bond acceptors (Lipinski definition) is 1. The molecule has 0 saturated carbocycles. The molecule has 1 aliphatic heterocycles. The third-order valence-electron chi connectivity index (χ3n) is 3.01. The van der Waals surface area contributed by atoms with Gasteiger partial charge >= 0.3 is 101 Å². The number of nitrogens with zero attached hydrogens (tertiary/aromatic N) is 1. The molecule has 1 aliphatic rings. The van der Waals surface area contributed by atoms with E-state index in [2.05, 4.69) is 33.1 Å². The van der Waals surface area contributed by atoms with Crippen molar-refractivity contribution < 1.29 is 60.9 Å². The van der Waals surface area contributed by atoms with Crippen LogP contribution in [0.25, 0.3) is 0 Å². The second-order valence-corrected chi connectivity index (χ2v) is 6.40. The molecule has 2 nitrogen and oxygen atoms in total.